The summed E-state index contributed by atoms with van der Waals surface area (Å²) in [6, 6.07) is 6.66. The molecule has 2 aromatic rings. The standard InChI is InChI=1S/C41H63N9O19P2S/c42-37-28(23-50(41(56)48-37)39-35(53)36(69-71(60,61)62)30(68-39)24-67-70(57,58)59)4-3-12-44-38(54)27-9-7-26(8-10-27)22-45-49-33(52)11-14-63-16-18-65-20-21-66-19-17-64-15-13-43-32(51)6-2-1-5-31-34-29(25-72-31)46-40(55)47-34/h7-10,22-23,29-31,34-36,39,53H,1-6,11-21,24-25H2,(H,43,51)(H,44,54)(H,49,52)(H2,42,48,56)(H2,46,47,55)(H2,57,58,59)(H2,60,61,62)/b45-22+/t29-,30+,31-,34-,35-,36?,39+/m0/s1. The number of hydrogen-bond acceptors (Lipinski definition) is 19. The van der Waals surface area contributed by atoms with Crippen molar-refractivity contribution in [2.24, 2.45) is 5.10 Å². The van der Waals surface area contributed by atoms with Crippen molar-refractivity contribution in [3.8, 4) is 0 Å². The Hall–Kier alpha value is -4.42. The smallest absolute Gasteiger partial charge is 0.386 e. The highest BCUT2D eigenvalue weighted by molar-refractivity contribution is 8.00. The highest BCUT2D eigenvalue weighted by atomic mass is 32.2. The molecule has 5 rings (SSSR count). The van der Waals surface area contributed by atoms with Gasteiger partial charge in [0.1, 0.15) is 24.1 Å². The van der Waals surface area contributed by atoms with E-state index in [1.807, 2.05) is 11.8 Å². The van der Waals surface area contributed by atoms with Crippen molar-refractivity contribution in [2.75, 3.05) is 84.0 Å². The first-order chi connectivity index (χ1) is 34.4. The molecule has 0 radical (unpaired) electrons. The number of thioether (sulfide) groups is 1. The van der Waals surface area contributed by atoms with Crippen LogP contribution in [0.2, 0.25) is 0 Å². The Morgan fingerprint density at radius 2 is 1.56 bits per heavy atom. The van der Waals surface area contributed by atoms with Gasteiger partial charge in [-0.05, 0) is 43.4 Å². The van der Waals surface area contributed by atoms with Gasteiger partial charge in [-0.1, -0.05) is 18.6 Å². The third-order valence-corrected chi connectivity index (χ3v) is 13.5. The minimum absolute atomic E-state index is 0.00399. The molecular formula is C41H63N9O19P2S. The summed E-state index contributed by atoms with van der Waals surface area (Å²) in [5.74, 6) is -0.0229. The average Bonchev–Trinajstić information content (AvgIpc) is 3.98. The maximum absolute atomic E-state index is 12.8. The molecule has 72 heavy (non-hydrogen) atoms. The number of hydrazone groups is 1. The Morgan fingerprint density at radius 3 is 2.24 bits per heavy atom. The van der Waals surface area contributed by atoms with E-state index < -0.39 is 58.4 Å². The number of benzene rings is 1. The number of fused-ring (bicyclic) bond motifs is 1. The molecule has 4 heterocycles. The number of aliphatic hydroxyl groups is 1. The van der Waals surface area contributed by atoms with Crippen LogP contribution in [0.1, 0.15) is 66.2 Å². The highest BCUT2D eigenvalue weighted by Gasteiger charge is 2.49. The first-order valence-electron chi connectivity index (χ1n) is 23.0. The van der Waals surface area contributed by atoms with E-state index in [0.717, 1.165) is 29.6 Å². The lowest BCUT2D eigenvalue weighted by Gasteiger charge is -2.21. The largest absolute Gasteiger partial charge is 0.470 e. The third kappa shape index (κ3) is 20.5. The number of urea groups is 1. The number of aromatic nitrogens is 2. The molecule has 31 heteroatoms. The van der Waals surface area contributed by atoms with E-state index in [2.05, 4.69) is 45.8 Å². The number of rotatable bonds is 33. The molecule has 402 valence electrons. The summed E-state index contributed by atoms with van der Waals surface area (Å²) in [7, 11) is -10.3. The van der Waals surface area contributed by atoms with E-state index in [0.29, 0.717) is 75.4 Å². The van der Waals surface area contributed by atoms with E-state index in [-0.39, 0.29) is 73.9 Å². The molecule has 5 amide bonds. The predicted octanol–water partition coefficient (Wildman–Crippen LogP) is -1.22. The van der Waals surface area contributed by atoms with Gasteiger partial charge in [0.2, 0.25) is 11.8 Å². The van der Waals surface area contributed by atoms with Crippen LogP contribution in [0.3, 0.4) is 0 Å². The van der Waals surface area contributed by atoms with Crippen molar-refractivity contribution in [3.05, 3.63) is 57.6 Å². The van der Waals surface area contributed by atoms with Crippen LogP contribution in [0.4, 0.5) is 10.6 Å². The predicted molar refractivity (Wildman–Crippen MR) is 255 cm³/mol. The molecule has 1 unspecified atom stereocenters. The topological polar surface area (TPSA) is 402 Å². The number of amides is 5. The van der Waals surface area contributed by atoms with Gasteiger partial charge in [-0.3, -0.25) is 28.0 Å². The number of nitrogens with one attached hydrogen (secondary N) is 5. The molecule has 0 spiro atoms. The van der Waals surface area contributed by atoms with Crippen LogP contribution in [0, 0.1) is 0 Å². The number of carbonyl (C=O) groups excluding carboxylic acids is 4. The molecule has 3 aliphatic rings. The first kappa shape index (κ1) is 58.5. The molecule has 0 saturated carbocycles. The fourth-order valence-electron chi connectivity index (χ4n) is 7.53. The molecule has 0 bridgehead atoms. The summed E-state index contributed by atoms with van der Waals surface area (Å²) in [5.41, 5.74) is 8.53. The third-order valence-electron chi connectivity index (χ3n) is 11.0. The van der Waals surface area contributed by atoms with E-state index in [1.54, 1.807) is 24.3 Å². The zero-order valence-corrected chi connectivity index (χ0v) is 41.7. The van der Waals surface area contributed by atoms with Crippen LogP contribution in [0.15, 0.2) is 40.4 Å². The average molecular weight is 1080 g/mol. The first-order valence-corrected chi connectivity index (χ1v) is 27.1. The van der Waals surface area contributed by atoms with E-state index in [1.165, 1.54) is 12.4 Å². The number of phosphoric acid groups is 2. The molecule has 3 aliphatic heterocycles. The summed E-state index contributed by atoms with van der Waals surface area (Å²) < 4.78 is 59.8. The number of anilines is 1. The molecule has 0 aliphatic carbocycles. The quantitative estimate of drug-likeness (QED) is 0.0131. The zero-order valence-electron chi connectivity index (χ0n) is 39.1. The van der Waals surface area contributed by atoms with Gasteiger partial charge < -0.3 is 75.4 Å². The van der Waals surface area contributed by atoms with Crippen molar-refractivity contribution in [1.82, 2.24) is 36.2 Å². The number of nitrogens with two attached hydrogens (primary N) is 1. The number of nitrogens with zero attached hydrogens (tertiary/aromatic N) is 3. The van der Waals surface area contributed by atoms with Gasteiger partial charge in [-0.25, -0.2) is 24.1 Å². The van der Waals surface area contributed by atoms with Gasteiger partial charge in [-0.2, -0.15) is 21.8 Å². The molecular weight excluding hydrogens is 1020 g/mol. The van der Waals surface area contributed by atoms with E-state index in [4.69, 9.17) is 39.2 Å². The normalized spacial score (nSPS) is 21.9. The lowest BCUT2D eigenvalue weighted by Crippen LogP contribution is -2.38. The number of unbranched alkanes of at least 4 members (excludes halogenated alkanes) is 1. The van der Waals surface area contributed by atoms with Crippen LogP contribution in [-0.4, -0.2) is 178 Å². The fraction of sp³-hybridized carbons (Fsp3) is 0.634. The minimum Gasteiger partial charge on any atom is -0.386 e. The van der Waals surface area contributed by atoms with Crippen molar-refractivity contribution >= 4 is 63.2 Å². The van der Waals surface area contributed by atoms with Crippen molar-refractivity contribution in [1.29, 1.82) is 0 Å². The summed E-state index contributed by atoms with van der Waals surface area (Å²) >= 11 is 1.87. The molecule has 28 nitrogen and oxygen atoms in total. The molecule has 1 aromatic carbocycles. The highest BCUT2D eigenvalue weighted by Crippen LogP contribution is 2.45. The Morgan fingerprint density at radius 1 is 0.875 bits per heavy atom. The van der Waals surface area contributed by atoms with Crippen LogP contribution in [-0.2, 0) is 57.9 Å². The van der Waals surface area contributed by atoms with E-state index >= 15 is 0 Å². The van der Waals surface area contributed by atoms with Crippen molar-refractivity contribution < 1.29 is 85.7 Å². The molecule has 1 aromatic heterocycles. The lowest BCUT2D eigenvalue weighted by molar-refractivity contribution is -0.122. The number of nitrogen functional groups attached to an aromatic ring is 1. The Balaban J connectivity index is 0.846. The number of aliphatic hydroxyl groups excluding tert-OH is 1. The van der Waals surface area contributed by atoms with Crippen molar-refractivity contribution in [2.45, 2.75) is 86.8 Å². The lowest BCUT2D eigenvalue weighted by atomic mass is 10.0. The molecule has 7 atom stereocenters. The van der Waals surface area contributed by atoms with Gasteiger partial charge in [0.25, 0.3) is 5.91 Å². The summed E-state index contributed by atoms with van der Waals surface area (Å²) in [6.45, 7) is 2.24. The SMILES string of the molecule is Nc1nc(=O)n([C@@H]2O[C@H](COP(=O)(O)O)C(OP(=O)(O)O)[C@@H]2O)cc1CCCNC(=O)c1ccc(/C=N/NC(=O)CCOCCOCCOCCOCCNC(=O)CCCC[C@@H]2SC[C@@H]3NC(=O)N[C@@H]32)cc1. The second kappa shape index (κ2) is 29.5. The maximum Gasteiger partial charge on any atom is 0.470 e. The van der Waals surface area contributed by atoms with Crippen LogP contribution < -0.4 is 38.1 Å². The monoisotopic (exact) mass is 1080 g/mol. The number of hydrogen-bond donors (Lipinski definition) is 11. The second-order valence-corrected chi connectivity index (χ2v) is 20.1. The van der Waals surface area contributed by atoms with Gasteiger partial charge >= 0.3 is 27.4 Å². The minimum atomic E-state index is -5.26. The number of phosphoric ester groups is 2. The number of ether oxygens (including phenoxy) is 5. The number of carbonyl (C=O) groups is 4. The zero-order chi connectivity index (χ0) is 52.1. The van der Waals surface area contributed by atoms with Gasteiger partial charge in [-0.15, -0.1) is 0 Å². The summed E-state index contributed by atoms with van der Waals surface area (Å²) in [6.07, 6.45) is -0.838. The maximum atomic E-state index is 12.8. The van der Waals surface area contributed by atoms with Gasteiger partial charge in [0, 0.05) is 47.8 Å². The summed E-state index contributed by atoms with van der Waals surface area (Å²) in [4.78, 5) is 102. The van der Waals surface area contributed by atoms with Gasteiger partial charge in [0.05, 0.1) is 84.2 Å². The van der Waals surface area contributed by atoms with E-state index in [9.17, 15) is 48.0 Å². The fourth-order valence-corrected chi connectivity index (χ4v) is 9.99. The Kier molecular flexibility index (Phi) is 23.9. The van der Waals surface area contributed by atoms with Gasteiger partial charge in [0.15, 0.2) is 6.23 Å². The van der Waals surface area contributed by atoms with Crippen LogP contribution in [0.25, 0.3) is 0 Å². The Labute approximate surface area is 417 Å². The van der Waals surface area contributed by atoms with Crippen LogP contribution >= 0.6 is 27.4 Å². The summed E-state index contributed by atoms with van der Waals surface area (Å²) in [5, 5.41) is 26.6. The molecule has 12 N–H and O–H groups in total. The molecule has 3 saturated heterocycles. The molecule has 3 fully saturated rings. The van der Waals surface area contributed by atoms with Crippen molar-refractivity contribution in [3.63, 3.8) is 0 Å². The Bertz CT molecular complexity index is 2270. The number of aryl methyl sites for hydroxylation is 1. The second-order valence-electron chi connectivity index (χ2n) is 16.4. The van der Waals surface area contributed by atoms with Crippen LogP contribution in [0.5, 0.6) is 0 Å².